The second-order valence-corrected chi connectivity index (χ2v) is 5.08. The van der Waals surface area contributed by atoms with Gasteiger partial charge in [-0.05, 0) is 62.6 Å². The van der Waals surface area contributed by atoms with Crippen molar-refractivity contribution in [2.24, 2.45) is 5.92 Å². The molecule has 3 heteroatoms. The SMILES string of the molecule is CC(C)CNCCCNCCc1ccc(F)cc1. The molecule has 0 unspecified atom stereocenters. The average Bonchev–Trinajstić information content (AvgIpc) is 2.34. The van der Waals surface area contributed by atoms with E-state index in [-0.39, 0.29) is 5.82 Å². The Balaban J connectivity index is 1.94. The lowest BCUT2D eigenvalue weighted by Crippen LogP contribution is -2.25. The molecule has 0 bridgehead atoms. The molecule has 1 aromatic carbocycles. The Kier molecular flexibility index (Phi) is 7.62. The highest BCUT2D eigenvalue weighted by Crippen LogP contribution is 2.02. The van der Waals surface area contributed by atoms with E-state index in [2.05, 4.69) is 24.5 Å². The van der Waals surface area contributed by atoms with Crippen molar-refractivity contribution < 1.29 is 4.39 Å². The summed E-state index contributed by atoms with van der Waals surface area (Å²) in [6, 6.07) is 6.73. The molecule has 2 N–H and O–H groups in total. The second kappa shape index (κ2) is 9.06. The van der Waals surface area contributed by atoms with Gasteiger partial charge in [0.15, 0.2) is 0 Å². The molecule has 2 nitrogen and oxygen atoms in total. The normalized spacial score (nSPS) is 11.1. The van der Waals surface area contributed by atoms with Crippen LogP contribution in [0.3, 0.4) is 0 Å². The van der Waals surface area contributed by atoms with Crippen molar-refractivity contribution in [2.75, 3.05) is 26.2 Å². The van der Waals surface area contributed by atoms with Gasteiger partial charge in [0, 0.05) is 0 Å². The minimum Gasteiger partial charge on any atom is -0.316 e. The molecule has 0 heterocycles. The van der Waals surface area contributed by atoms with Crippen LogP contribution in [0, 0.1) is 11.7 Å². The van der Waals surface area contributed by atoms with E-state index in [0.717, 1.165) is 44.9 Å². The molecule has 0 atom stereocenters. The van der Waals surface area contributed by atoms with Crippen molar-refractivity contribution in [3.63, 3.8) is 0 Å². The van der Waals surface area contributed by atoms with Crippen LogP contribution in [0.5, 0.6) is 0 Å². The third-order valence-corrected chi connectivity index (χ3v) is 2.76. The van der Waals surface area contributed by atoms with E-state index in [9.17, 15) is 4.39 Å². The van der Waals surface area contributed by atoms with E-state index in [1.807, 2.05) is 12.1 Å². The summed E-state index contributed by atoms with van der Waals surface area (Å²) in [7, 11) is 0. The van der Waals surface area contributed by atoms with Gasteiger partial charge in [-0.1, -0.05) is 26.0 Å². The molecule has 0 aliphatic heterocycles. The van der Waals surface area contributed by atoms with Gasteiger partial charge in [-0.2, -0.15) is 0 Å². The van der Waals surface area contributed by atoms with Crippen LogP contribution in [0.2, 0.25) is 0 Å². The molecule has 0 aliphatic rings. The summed E-state index contributed by atoms with van der Waals surface area (Å²) in [5, 5.41) is 6.82. The molecule has 18 heavy (non-hydrogen) atoms. The third kappa shape index (κ3) is 7.41. The Morgan fingerprint density at radius 2 is 1.67 bits per heavy atom. The monoisotopic (exact) mass is 252 g/mol. The van der Waals surface area contributed by atoms with Crippen LogP contribution in [0.1, 0.15) is 25.8 Å². The average molecular weight is 252 g/mol. The fraction of sp³-hybridized carbons (Fsp3) is 0.600. The molecular weight excluding hydrogens is 227 g/mol. The van der Waals surface area contributed by atoms with E-state index in [4.69, 9.17) is 0 Å². The standard InChI is InChI=1S/C15H25FN2/c1-13(2)12-18-10-3-9-17-11-8-14-4-6-15(16)7-5-14/h4-7,13,17-18H,3,8-12H2,1-2H3. The molecule has 102 valence electrons. The minimum absolute atomic E-state index is 0.164. The lowest BCUT2D eigenvalue weighted by molar-refractivity contribution is 0.531. The number of benzene rings is 1. The maximum Gasteiger partial charge on any atom is 0.123 e. The van der Waals surface area contributed by atoms with Crippen molar-refractivity contribution in [3.8, 4) is 0 Å². The van der Waals surface area contributed by atoms with E-state index in [0.29, 0.717) is 0 Å². The molecule has 0 radical (unpaired) electrons. The molecule has 0 fully saturated rings. The van der Waals surface area contributed by atoms with Gasteiger partial charge in [0.05, 0.1) is 0 Å². The van der Waals surface area contributed by atoms with Gasteiger partial charge in [-0.3, -0.25) is 0 Å². The summed E-state index contributed by atoms with van der Waals surface area (Å²) < 4.78 is 12.7. The molecule has 0 aliphatic carbocycles. The quantitative estimate of drug-likeness (QED) is 0.660. The highest BCUT2D eigenvalue weighted by atomic mass is 19.1. The van der Waals surface area contributed by atoms with Crippen molar-refractivity contribution in [1.82, 2.24) is 10.6 Å². The van der Waals surface area contributed by atoms with E-state index in [1.165, 1.54) is 17.7 Å². The Bertz CT molecular complexity index is 309. The number of rotatable bonds is 9. The lowest BCUT2D eigenvalue weighted by Gasteiger charge is -2.08. The van der Waals surface area contributed by atoms with Crippen LogP contribution in [-0.2, 0) is 6.42 Å². The molecular formula is C15H25FN2. The van der Waals surface area contributed by atoms with Gasteiger partial charge in [0.2, 0.25) is 0 Å². The summed E-state index contributed by atoms with van der Waals surface area (Å²) in [4.78, 5) is 0. The second-order valence-electron chi connectivity index (χ2n) is 5.08. The molecule has 0 spiro atoms. The fourth-order valence-electron chi connectivity index (χ4n) is 1.74. The fourth-order valence-corrected chi connectivity index (χ4v) is 1.74. The molecule has 0 amide bonds. The number of hydrogen-bond donors (Lipinski definition) is 2. The van der Waals surface area contributed by atoms with Crippen LogP contribution in [0.15, 0.2) is 24.3 Å². The zero-order chi connectivity index (χ0) is 13.2. The lowest BCUT2D eigenvalue weighted by atomic mass is 10.1. The van der Waals surface area contributed by atoms with Gasteiger partial charge >= 0.3 is 0 Å². The number of hydrogen-bond acceptors (Lipinski definition) is 2. The van der Waals surface area contributed by atoms with Crippen molar-refractivity contribution >= 4 is 0 Å². The van der Waals surface area contributed by atoms with Crippen LogP contribution in [-0.4, -0.2) is 26.2 Å². The van der Waals surface area contributed by atoms with Crippen molar-refractivity contribution in [2.45, 2.75) is 26.7 Å². The highest BCUT2D eigenvalue weighted by Gasteiger charge is 1.95. The van der Waals surface area contributed by atoms with Crippen LogP contribution in [0.4, 0.5) is 4.39 Å². The van der Waals surface area contributed by atoms with E-state index < -0.39 is 0 Å². The molecule has 0 saturated carbocycles. The van der Waals surface area contributed by atoms with Gasteiger partial charge < -0.3 is 10.6 Å². The topological polar surface area (TPSA) is 24.1 Å². The first-order chi connectivity index (χ1) is 8.68. The van der Waals surface area contributed by atoms with Crippen LogP contribution in [0.25, 0.3) is 0 Å². The van der Waals surface area contributed by atoms with Gasteiger partial charge in [-0.15, -0.1) is 0 Å². The smallest absolute Gasteiger partial charge is 0.123 e. The predicted molar refractivity (Wildman–Crippen MR) is 75.3 cm³/mol. The van der Waals surface area contributed by atoms with Gasteiger partial charge in [0.25, 0.3) is 0 Å². The molecule has 1 rings (SSSR count). The zero-order valence-electron chi connectivity index (χ0n) is 11.5. The Morgan fingerprint density at radius 3 is 2.33 bits per heavy atom. The number of nitrogens with one attached hydrogen (secondary N) is 2. The first-order valence-electron chi connectivity index (χ1n) is 6.84. The summed E-state index contributed by atoms with van der Waals surface area (Å²) in [6.45, 7) is 8.58. The number of halogens is 1. The minimum atomic E-state index is -0.164. The summed E-state index contributed by atoms with van der Waals surface area (Å²) in [5.74, 6) is 0.555. The largest absolute Gasteiger partial charge is 0.316 e. The van der Waals surface area contributed by atoms with Crippen molar-refractivity contribution in [3.05, 3.63) is 35.6 Å². The van der Waals surface area contributed by atoms with E-state index >= 15 is 0 Å². The van der Waals surface area contributed by atoms with E-state index in [1.54, 1.807) is 0 Å². The Labute approximate surface area is 110 Å². The Hall–Kier alpha value is -0.930. The summed E-state index contributed by atoms with van der Waals surface area (Å²) in [5.41, 5.74) is 1.18. The van der Waals surface area contributed by atoms with Crippen LogP contribution < -0.4 is 10.6 Å². The molecule has 1 aromatic rings. The summed E-state index contributed by atoms with van der Waals surface area (Å²) >= 11 is 0. The molecule has 0 aromatic heterocycles. The Morgan fingerprint density at radius 1 is 1.00 bits per heavy atom. The first-order valence-corrected chi connectivity index (χ1v) is 6.84. The first kappa shape index (κ1) is 15.1. The maximum atomic E-state index is 12.7. The molecule has 0 saturated heterocycles. The van der Waals surface area contributed by atoms with Gasteiger partial charge in [0.1, 0.15) is 5.82 Å². The summed E-state index contributed by atoms with van der Waals surface area (Å²) in [6.07, 6.45) is 2.11. The van der Waals surface area contributed by atoms with Crippen molar-refractivity contribution in [1.29, 1.82) is 0 Å². The van der Waals surface area contributed by atoms with Crippen LogP contribution >= 0.6 is 0 Å². The highest BCUT2D eigenvalue weighted by molar-refractivity contribution is 5.16. The van der Waals surface area contributed by atoms with Gasteiger partial charge in [-0.25, -0.2) is 4.39 Å². The predicted octanol–water partition coefficient (Wildman–Crippen LogP) is 2.59. The third-order valence-electron chi connectivity index (χ3n) is 2.76. The zero-order valence-corrected chi connectivity index (χ0v) is 11.5. The maximum absolute atomic E-state index is 12.7.